The van der Waals surface area contributed by atoms with Crippen LogP contribution in [0.25, 0.3) is 32.1 Å². The molecule has 0 bridgehead atoms. The average Bonchev–Trinajstić information content (AvgIpc) is 4.17. The quantitative estimate of drug-likeness (QED) is 0.0903. The maximum absolute atomic E-state index is 12.3. The molecule has 1 aliphatic heterocycles. The normalized spacial score (nSPS) is 15.9. The second-order valence-corrected chi connectivity index (χ2v) is 20.8. The zero-order valence-electron chi connectivity index (χ0n) is 38.5. The molecular weight excluding hydrogens is 991 g/mol. The van der Waals surface area contributed by atoms with Crippen molar-refractivity contribution in [3.05, 3.63) is 143 Å². The van der Waals surface area contributed by atoms with Crippen LogP contribution in [0.2, 0.25) is 0 Å². The van der Waals surface area contributed by atoms with Crippen molar-refractivity contribution < 1.29 is 51.0 Å². The second kappa shape index (κ2) is 25.4. The molecule has 0 unspecified atom stereocenters. The van der Waals surface area contributed by atoms with Crippen LogP contribution in [0.3, 0.4) is 0 Å². The molecule has 7 heterocycles. The van der Waals surface area contributed by atoms with Crippen molar-refractivity contribution in [2.45, 2.75) is 60.6 Å². The van der Waals surface area contributed by atoms with E-state index in [0.717, 1.165) is 52.3 Å². The number of carboxylic acids is 3. The molecule has 380 valence electrons. The molecule has 10 rings (SSSR count). The highest BCUT2D eigenvalue weighted by Gasteiger charge is 2.26. The lowest BCUT2D eigenvalue weighted by molar-refractivity contribution is 0.0660. The number of piperazine rings is 1. The molecule has 25 heteroatoms. The Labute approximate surface area is 417 Å². The summed E-state index contributed by atoms with van der Waals surface area (Å²) in [6, 6.07) is 21.8. The lowest BCUT2D eigenvalue weighted by Gasteiger charge is -2.26. The highest BCUT2D eigenvalue weighted by molar-refractivity contribution is 7.89. The summed E-state index contributed by atoms with van der Waals surface area (Å²) in [6.45, 7) is 3.31. The Kier molecular flexibility index (Phi) is 19.1. The zero-order chi connectivity index (χ0) is 51.8. The summed E-state index contributed by atoms with van der Waals surface area (Å²) in [5.74, 6) is -2.98. The van der Waals surface area contributed by atoms with Gasteiger partial charge in [0.2, 0.25) is 25.8 Å². The summed E-state index contributed by atoms with van der Waals surface area (Å²) in [7, 11) is -6.77. The molecule has 22 nitrogen and oxygen atoms in total. The predicted molar refractivity (Wildman–Crippen MR) is 269 cm³/mol. The topological polar surface area (TPSA) is 366 Å². The Morgan fingerprint density at radius 2 is 1.33 bits per heavy atom. The highest BCUT2D eigenvalue weighted by Crippen LogP contribution is 2.24. The molecule has 1 saturated carbocycles. The van der Waals surface area contributed by atoms with E-state index in [-0.39, 0.29) is 23.4 Å². The predicted octanol–water partition coefficient (Wildman–Crippen LogP) is 4.61. The summed E-state index contributed by atoms with van der Waals surface area (Å²) in [5.41, 5.74) is 19.9. The number of sulfonamides is 2. The summed E-state index contributed by atoms with van der Waals surface area (Å²) in [5, 5.41) is 37.7. The Bertz CT molecular complexity index is 3130. The van der Waals surface area contributed by atoms with Crippen molar-refractivity contribution >= 4 is 81.4 Å². The summed E-state index contributed by atoms with van der Waals surface area (Å²) in [4.78, 5) is 44.1. The largest absolute Gasteiger partial charge is 0.478 e. The number of thiophene rings is 1. The molecule has 2 aliphatic rings. The second-order valence-electron chi connectivity index (χ2n) is 16.1. The molecule has 2 fully saturated rings. The number of H-pyrrole nitrogens is 1. The number of pyridine rings is 3. The van der Waals surface area contributed by atoms with Crippen molar-refractivity contribution in [3.63, 3.8) is 0 Å². The van der Waals surface area contributed by atoms with Crippen LogP contribution in [-0.4, -0.2) is 118 Å². The van der Waals surface area contributed by atoms with Gasteiger partial charge >= 0.3 is 17.9 Å². The summed E-state index contributed by atoms with van der Waals surface area (Å²) >= 11 is 1.24. The van der Waals surface area contributed by atoms with Crippen LogP contribution in [0.4, 0.5) is 0 Å². The number of aromatic carboxylic acids is 3. The van der Waals surface area contributed by atoms with E-state index < -0.39 is 38.0 Å². The van der Waals surface area contributed by atoms with Crippen LogP contribution >= 0.6 is 11.3 Å². The van der Waals surface area contributed by atoms with Crippen molar-refractivity contribution in [2.24, 2.45) is 17.2 Å². The van der Waals surface area contributed by atoms with E-state index in [1.54, 1.807) is 85.3 Å². The van der Waals surface area contributed by atoms with Gasteiger partial charge in [-0.1, -0.05) is 24.3 Å². The van der Waals surface area contributed by atoms with Gasteiger partial charge in [-0.2, -0.15) is 9.40 Å². The van der Waals surface area contributed by atoms with E-state index in [1.165, 1.54) is 46.4 Å². The molecule has 1 aliphatic carbocycles. The number of nitrogens with two attached hydrogens (primary N) is 3. The minimum Gasteiger partial charge on any atom is -0.478 e. The Hall–Kier alpha value is -7.07. The van der Waals surface area contributed by atoms with Gasteiger partial charge in [-0.15, -0.1) is 11.3 Å². The maximum Gasteiger partial charge on any atom is 0.371 e. The average molecular weight is 1040 g/mol. The van der Waals surface area contributed by atoms with Crippen molar-refractivity contribution in [1.82, 2.24) is 39.5 Å². The first-order chi connectivity index (χ1) is 34.5. The van der Waals surface area contributed by atoms with Crippen molar-refractivity contribution in [2.75, 3.05) is 26.2 Å². The molecule has 0 radical (unpaired) electrons. The number of furan rings is 1. The van der Waals surface area contributed by atoms with Crippen LogP contribution in [0, 0.1) is 0 Å². The number of nitrogens with zero attached hydrogens (tertiary/aromatic N) is 5. The zero-order valence-corrected chi connectivity index (χ0v) is 40.9. The third-order valence-electron chi connectivity index (χ3n) is 11.0. The number of aromatic amines is 1. The monoisotopic (exact) mass is 1040 g/mol. The van der Waals surface area contributed by atoms with Gasteiger partial charge in [0, 0.05) is 86.9 Å². The molecular formula is C47H53N11O11S3. The lowest BCUT2D eigenvalue weighted by Crippen LogP contribution is -2.46. The molecule has 0 spiro atoms. The van der Waals surface area contributed by atoms with Crippen LogP contribution in [0.5, 0.6) is 0 Å². The fraction of sp³-hybridized carbons (Fsp3) is 0.255. The minimum absolute atomic E-state index is 0.000940. The van der Waals surface area contributed by atoms with Crippen molar-refractivity contribution in [3.8, 4) is 0 Å². The number of carbonyl (C=O) groups is 3. The van der Waals surface area contributed by atoms with Gasteiger partial charge in [0.05, 0.1) is 32.4 Å². The Balaban J connectivity index is 0.000000149. The molecule has 0 atom stereocenters. The number of hydrogen-bond acceptors (Lipinski definition) is 17. The fourth-order valence-electron chi connectivity index (χ4n) is 7.09. The third-order valence-corrected chi connectivity index (χ3v) is 15.6. The van der Waals surface area contributed by atoms with Crippen LogP contribution in [-0.2, 0) is 33.1 Å². The van der Waals surface area contributed by atoms with Crippen molar-refractivity contribution in [1.29, 1.82) is 0 Å². The lowest BCUT2D eigenvalue weighted by atomic mass is 9.93. The van der Waals surface area contributed by atoms with Crippen LogP contribution in [0.15, 0.2) is 130 Å². The Morgan fingerprint density at radius 1 is 0.722 bits per heavy atom. The molecule has 0 amide bonds. The number of benzene rings is 2. The van der Waals surface area contributed by atoms with E-state index in [9.17, 15) is 31.2 Å². The molecule has 72 heavy (non-hydrogen) atoms. The van der Waals surface area contributed by atoms with Gasteiger partial charge in [-0.25, -0.2) is 40.9 Å². The first kappa shape index (κ1) is 54.3. The number of nitrogens with one attached hydrogen (secondary N) is 3. The number of aromatic nitrogens is 5. The van der Waals surface area contributed by atoms with Crippen LogP contribution < -0.4 is 27.2 Å². The SMILES string of the molecule is NCc1ccc(S(=O)(=O)N2CCNCC2)cc1.NCc1ccc(S(=O)(=O)NC2CCC(N)CC2)cc1.O=C(O)c1cc2ccncc2o1.O=C(O)c1cc2ccncc2s1.O=C(O)c1cnc2[nH]ncc2c1. The van der Waals surface area contributed by atoms with Gasteiger partial charge in [0.15, 0.2) is 11.2 Å². The number of fused-ring (bicyclic) bond motifs is 3. The fourth-order valence-corrected chi connectivity index (χ4v) is 10.7. The molecule has 1 saturated heterocycles. The van der Waals surface area contributed by atoms with E-state index in [4.69, 9.17) is 36.9 Å². The summed E-state index contributed by atoms with van der Waals surface area (Å²) in [6.07, 6.45) is 12.6. The standard InChI is InChI=1S/C13H21N3O2S.C11H17N3O2S.C8H5NO3.C8H5NO2S.C7H5N3O2/c14-9-10-1-7-13(8-2-10)19(17,18)16-12-5-3-11(15)4-6-12;12-9-10-1-3-11(4-2-10)17(15,16)14-7-5-13-6-8-14;2*10-8(11)6-3-5-1-2-9-4-7(5)12-6;11-7(12)5-1-4-3-9-10-6(4)8-2-5/h1-2,7-8,11-12,16H,3-6,9,14-15H2;1-4,13H,5-9,12H2;2*1-4H,(H,10,11);1-3H,(H,11,12)(H,8,9,10). The van der Waals surface area contributed by atoms with E-state index in [1.807, 2.05) is 0 Å². The van der Waals surface area contributed by atoms with Gasteiger partial charge in [0.25, 0.3) is 0 Å². The number of rotatable bonds is 10. The first-order valence-corrected chi connectivity index (χ1v) is 25.9. The van der Waals surface area contributed by atoms with E-state index in [2.05, 4.69) is 35.2 Å². The van der Waals surface area contributed by atoms with Gasteiger partial charge in [0.1, 0.15) is 4.88 Å². The minimum atomic E-state index is -3.43. The highest BCUT2D eigenvalue weighted by atomic mass is 32.2. The molecule has 2 aromatic carbocycles. The smallest absolute Gasteiger partial charge is 0.371 e. The van der Waals surface area contributed by atoms with Gasteiger partial charge in [-0.3, -0.25) is 15.1 Å². The summed E-state index contributed by atoms with van der Waals surface area (Å²) < 4.78 is 59.1. The molecule has 6 aromatic heterocycles. The Morgan fingerprint density at radius 3 is 1.90 bits per heavy atom. The first-order valence-electron chi connectivity index (χ1n) is 22.2. The van der Waals surface area contributed by atoms with Gasteiger partial charge in [-0.05, 0) is 96.8 Å². The maximum atomic E-state index is 12.3. The van der Waals surface area contributed by atoms with Gasteiger partial charge < -0.3 is 42.3 Å². The molecule has 8 aromatic rings. The van der Waals surface area contributed by atoms with E-state index >= 15 is 0 Å². The van der Waals surface area contributed by atoms with E-state index in [0.29, 0.717) is 70.6 Å². The molecule has 12 N–H and O–H groups in total. The number of carboxylic acid groups (broad SMARTS) is 3. The number of hydrogen-bond donors (Lipinski definition) is 9. The van der Waals surface area contributed by atoms with Crippen LogP contribution in [0.1, 0.15) is 67.4 Å². The third kappa shape index (κ3) is 15.0.